The molecule has 0 aromatic rings. The molecular weight excluding hydrogens is 576 g/mol. The molecule has 0 aliphatic heterocycles. The first-order valence-electron chi connectivity index (χ1n) is 19.9. The van der Waals surface area contributed by atoms with Gasteiger partial charge >= 0.3 is 17.9 Å². The third-order valence-corrected chi connectivity index (χ3v) is 8.79. The monoisotopic (exact) mass is 653 g/mol. The second-order valence-electron chi connectivity index (χ2n) is 14.0. The zero-order chi connectivity index (χ0) is 33.9. The minimum Gasteiger partial charge on any atom is -0.462 e. The number of carbonyl (C=O) groups excluding carboxylic acids is 3. The van der Waals surface area contributed by atoms with Crippen LogP contribution in [0.25, 0.3) is 0 Å². The van der Waals surface area contributed by atoms with Crippen LogP contribution >= 0.6 is 0 Å². The molecule has 0 bridgehead atoms. The van der Waals surface area contributed by atoms with Crippen molar-refractivity contribution in [2.24, 2.45) is 5.92 Å². The maximum Gasteiger partial charge on any atom is 0.306 e. The van der Waals surface area contributed by atoms with Crippen LogP contribution in [-0.4, -0.2) is 37.2 Å². The standard InChI is InChI=1S/C40H76O6/c1-5-7-9-11-12-13-17-21-25-29-33-40(43)46-37(34-44-38(41)31-27-22-10-8-6-2)35-45-39(42)32-28-24-20-18-15-14-16-19-23-26-30-36(3)4/h36-37H,5-35H2,1-4H3/t37-/m1/s1. The number of ether oxygens (including phenoxy) is 3. The van der Waals surface area contributed by atoms with Gasteiger partial charge < -0.3 is 14.2 Å². The number of unbranched alkanes of at least 4 members (excludes halogenated alkanes) is 22. The highest BCUT2D eigenvalue weighted by molar-refractivity contribution is 5.71. The summed E-state index contributed by atoms with van der Waals surface area (Å²) in [6.45, 7) is 8.86. The van der Waals surface area contributed by atoms with Crippen LogP contribution < -0.4 is 0 Å². The second kappa shape index (κ2) is 34.7. The lowest BCUT2D eigenvalue weighted by atomic mass is 10.0. The lowest BCUT2D eigenvalue weighted by molar-refractivity contribution is -0.167. The molecule has 0 saturated carbocycles. The van der Waals surface area contributed by atoms with Crippen LogP contribution in [0.2, 0.25) is 0 Å². The summed E-state index contributed by atoms with van der Waals surface area (Å²) in [5, 5.41) is 0. The highest BCUT2D eigenvalue weighted by Crippen LogP contribution is 2.15. The van der Waals surface area contributed by atoms with Crippen molar-refractivity contribution in [3.05, 3.63) is 0 Å². The SMILES string of the molecule is CCCCCCCCCCCCC(=O)O[C@H](COC(=O)CCCCCCC)COC(=O)CCCCCCCCCCCCC(C)C. The van der Waals surface area contributed by atoms with Crippen molar-refractivity contribution in [1.29, 1.82) is 0 Å². The summed E-state index contributed by atoms with van der Waals surface area (Å²) in [6.07, 6.45) is 31.1. The van der Waals surface area contributed by atoms with Crippen LogP contribution in [0.15, 0.2) is 0 Å². The predicted octanol–water partition coefficient (Wildman–Crippen LogP) is 12.0. The molecule has 0 radical (unpaired) electrons. The summed E-state index contributed by atoms with van der Waals surface area (Å²) in [5.41, 5.74) is 0. The van der Waals surface area contributed by atoms with E-state index in [1.807, 2.05) is 0 Å². The maximum absolute atomic E-state index is 12.6. The molecule has 0 fully saturated rings. The minimum absolute atomic E-state index is 0.0659. The summed E-state index contributed by atoms with van der Waals surface area (Å²) in [5.74, 6) is -0.0596. The number of esters is 3. The van der Waals surface area contributed by atoms with Crippen molar-refractivity contribution in [3.63, 3.8) is 0 Å². The maximum atomic E-state index is 12.6. The van der Waals surface area contributed by atoms with Gasteiger partial charge in [0.05, 0.1) is 0 Å². The Morgan fingerprint density at radius 1 is 0.413 bits per heavy atom. The second-order valence-corrected chi connectivity index (χ2v) is 14.0. The molecule has 0 aromatic carbocycles. The summed E-state index contributed by atoms with van der Waals surface area (Å²) in [7, 11) is 0. The zero-order valence-corrected chi connectivity index (χ0v) is 31.0. The predicted molar refractivity (Wildman–Crippen MR) is 192 cm³/mol. The Morgan fingerprint density at radius 2 is 0.717 bits per heavy atom. The van der Waals surface area contributed by atoms with Gasteiger partial charge in [0.15, 0.2) is 6.10 Å². The average Bonchev–Trinajstić information content (AvgIpc) is 3.03. The van der Waals surface area contributed by atoms with Crippen molar-refractivity contribution in [1.82, 2.24) is 0 Å². The van der Waals surface area contributed by atoms with Crippen LogP contribution in [0.3, 0.4) is 0 Å². The lowest BCUT2D eigenvalue weighted by Gasteiger charge is -2.18. The topological polar surface area (TPSA) is 78.9 Å². The molecule has 0 heterocycles. The van der Waals surface area contributed by atoms with Crippen molar-refractivity contribution in [3.8, 4) is 0 Å². The highest BCUT2D eigenvalue weighted by Gasteiger charge is 2.19. The summed E-state index contributed by atoms with van der Waals surface area (Å²) >= 11 is 0. The zero-order valence-electron chi connectivity index (χ0n) is 31.0. The normalized spacial score (nSPS) is 11.9. The first kappa shape index (κ1) is 44.4. The average molecular weight is 653 g/mol. The van der Waals surface area contributed by atoms with E-state index in [0.717, 1.165) is 70.1 Å². The molecule has 0 spiro atoms. The van der Waals surface area contributed by atoms with E-state index in [0.29, 0.717) is 19.3 Å². The van der Waals surface area contributed by atoms with Crippen LogP contribution in [0, 0.1) is 5.92 Å². The Balaban J connectivity index is 4.24. The smallest absolute Gasteiger partial charge is 0.306 e. The van der Waals surface area contributed by atoms with Crippen molar-refractivity contribution >= 4 is 17.9 Å². The third kappa shape index (κ3) is 33.8. The molecule has 0 saturated heterocycles. The van der Waals surface area contributed by atoms with E-state index in [2.05, 4.69) is 27.7 Å². The van der Waals surface area contributed by atoms with Gasteiger partial charge in [0.25, 0.3) is 0 Å². The largest absolute Gasteiger partial charge is 0.462 e. The molecule has 6 heteroatoms. The molecule has 0 amide bonds. The Kier molecular flexibility index (Phi) is 33.5. The molecule has 46 heavy (non-hydrogen) atoms. The molecule has 0 unspecified atom stereocenters. The molecule has 0 aliphatic rings. The fraction of sp³-hybridized carbons (Fsp3) is 0.925. The van der Waals surface area contributed by atoms with Gasteiger partial charge in [0.2, 0.25) is 0 Å². The highest BCUT2D eigenvalue weighted by atomic mass is 16.6. The Morgan fingerprint density at radius 3 is 1.07 bits per heavy atom. The van der Waals surface area contributed by atoms with E-state index in [4.69, 9.17) is 14.2 Å². The summed E-state index contributed by atoms with van der Waals surface area (Å²) in [6, 6.07) is 0. The van der Waals surface area contributed by atoms with Gasteiger partial charge in [-0.1, -0.05) is 175 Å². The van der Waals surface area contributed by atoms with Gasteiger partial charge in [-0.15, -0.1) is 0 Å². The Hall–Kier alpha value is -1.59. The molecule has 1 atom stereocenters. The molecular formula is C40H76O6. The van der Waals surface area contributed by atoms with Gasteiger partial charge in [-0.05, 0) is 25.2 Å². The third-order valence-electron chi connectivity index (χ3n) is 8.79. The molecule has 6 nitrogen and oxygen atoms in total. The van der Waals surface area contributed by atoms with Gasteiger partial charge in [0.1, 0.15) is 13.2 Å². The number of hydrogen-bond acceptors (Lipinski definition) is 6. The minimum atomic E-state index is -0.756. The number of hydrogen-bond donors (Lipinski definition) is 0. The van der Waals surface area contributed by atoms with E-state index < -0.39 is 6.10 Å². The summed E-state index contributed by atoms with van der Waals surface area (Å²) in [4.78, 5) is 37.2. The van der Waals surface area contributed by atoms with Gasteiger partial charge in [-0.3, -0.25) is 14.4 Å². The van der Waals surface area contributed by atoms with E-state index in [1.54, 1.807) is 0 Å². The fourth-order valence-corrected chi connectivity index (χ4v) is 5.74. The molecule has 0 rings (SSSR count). The first-order valence-corrected chi connectivity index (χ1v) is 19.9. The number of rotatable bonds is 35. The molecule has 0 aromatic heterocycles. The van der Waals surface area contributed by atoms with Gasteiger partial charge in [-0.25, -0.2) is 0 Å². The molecule has 0 N–H and O–H groups in total. The van der Waals surface area contributed by atoms with Crippen LogP contribution in [0.1, 0.15) is 214 Å². The summed E-state index contributed by atoms with van der Waals surface area (Å²) < 4.78 is 16.5. The van der Waals surface area contributed by atoms with Gasteiger partial charge in [0, 0.05) is 19.3 Å². The Bertz CT molecular complexity index is 691. The van der Waals surface area contributed by atoms with E-state index in [9.17, 15) is 14.4 Å². The number of carbonyl (C=O) groups is 3. The quantitative estimate of drug-likeness (QED) is 0.0385. The van der Waals surface area contributed by atoms with Crippen LogP contribution in [-0.2, 0) is 28.6 Å². The van der Waals surface area contributed by atoms with Gasteiger partial charge in [-0.2, -0.15) is 0 Å². The molecule has 272 valence electrons. The van der Waals surface area contributed by atoms with Crippen molar-refractivity contribution in [2.75, 3.05) is 13.2 Å². The molecule has 0 aliphatic carbocycles. The van der Waals surface area contributed by atoms with Crippen molar-refractivity contribution < 1.29 is 28.6 Å². The lowest BCUT2D eigenvalue weighted by Crippen LogP contribution is -2.30. The van der Waals surface area contributed by atoms with E-state index in [1.165, 1.54) is 103 Å². The first-order chi connectivity index (χ1) is 22.4. The van der Waals surface area contributed by atoms with Crippen molar-refractivity contribution in [2.45, 2.75) is 220 Å². The van der Waals surface area contributed by atoms with E-state index in [-0.39, 0.29) is 31.1 Å². The Labute approximate surface area is 285 Å². The fourth-order valence-electron chi connectivity index (χ4n) is 5.74. The van der Waals surface area contributed by atoms with Crippen LogP contribution in [0.4, 0.5) is 0 Å². The van der Waals surface area contributed by atoms with Crippen LogP contribution in [0.5, 0.6) is 0 Å². The van der Waals surface area contributed by atoms with E-state index >= 15 is 0 Å².